The Morgan fingerprint density at radius 3 is 2.28 bits per heavy atom. The van der Waals surface area contributed by atoms with Crippen LogP contribution in [0.15, 0.2) is 0 Å². The van der Waals surface area contributed by atoms with Gasteiger partial charge in [-0.25, -0.2) is 0 Å². The lowest BCUT2D eigenvalue weighted by atomic mass is 9.88. The molecule has 0 unspecified atom stereocenters. The summed E-state index contributed by atoms with van der Waals surface area (Å²) in [5, 5.41) is 0. The third kappa shape index (κ3) is 2.83. The van der Waals surface area contributed by atoms with Crippen LogP contribution in [0.1, 0.15) is 34.6 Å². The lowest BCUT2D eigenvalue weighted by Crippen LogP contribution is -2.62. The molecule has 0 spiro atoms. The van der Waals surface area contributed by atoms with Gasteiger partial charge in [-0.05, 0) is 19.8 Å². The van der Waals surface area contributed by atoms with Crippen molar-refractivity contribution in [2.45, 2.75) is 46.2 Å². The van der Waals surface area contributed by atoms with E-state index in [0.29, 0.717) is 19.6 Å². The second-order valence-corrected chi connectivity index (χ2v) is 5.75. The van der Waals surface area contributed by atoms with Crippen molar-refractivity contribution in [2.75, 3.05) is 19.6 Å². The Labute approximate surface area is 109 Å². The quantitative estimate of drug-likeness (QED) is 0.778. The van der Waals surface area contributed by atoms with Crippen molar-refractivity contribution < 1.29 is 9.59 Å². The molecule has 104 valence electrons. The van der Waals surface area contributed by atoms with E-state index in [4.69, 9.17) is 5.73 Å². The van der Waals surface area contributed by atoms with Gasteiger partial charge in [-0.2, -0.15) is 0 Å². The number of rotatable bonds is 2. The molecule has 0 aromatic rings. The number of nitrogens with two attached hydrogens (primary N) is 1. The van der Waals surface area contributed by atoms with Gasteiger partial charge in [0.1, 0.15) is 0 Å². The van der Waals surface area contributed by atoms with Gasteiger partial charge >= 0.3 is 0 Å². The van der Waals surface area contributed by atoms with Crippen LogP contribution in [0.4, 0.5) is 0 Å². The van der Waals surface area contributed by atoms with Crippen LogP contribution in [0.25, 0.3) is 0 Å². The molecule has 0 radical (unpaired) electrons. The smallest absolute Gasteiger partial charge is 0.242 e. The minimum absolute atomic E-state index is 0.0208. The topological polar surface area (TPSA) is 66.6 Å². The summed E-state index contributed by atoms with van der Waals surface area (Å²) in [5.41, 5.74) is 5.27. The number of hydrogen-bond donors (Lipinski definition) is 1. The zero-order chi connectivity index (χ0) is 14.1. The summed E-state index contributed by atoms with van der Waals surface area (Å²) in [6.07, 6.45) is 0. The predicted molar refractivity (Wildman–Crippen MR) is 70.9 cm³/mol. The summed E-state index contributed by atoms with van der Waals surface area (Å²) in [7, 11) is 0. The van der Waals surface area contributed by atoms with Gasteiger partial charge in [0.15, 0.2) is 0 Å². The maximum absolute atomic E-state index is 12.4. The van der Waals surface area contributed by atoms with E-state index in [1.807, 2.05) is 20.8 Å². The largest absolute Gasteiger partial charge is 0.337 e. The van der Waals surface area contributed by atoms with Gasteiger partial charge in [-0.15, -0.1) is 0 Å². The summed E-state index contributed by atoms with van der Waals surface area (Å²) < 4.78 is 0. The first-order valence-corrected chi connectivity index (χ1v) is 6.53. The van der Waals surface area contributed by atoms with Crippen molar-refractivity contribution in [2.24, 2.45) is 11.7 Å². The summed E-state index contributed by atoms with van der Waals surface area (Å²) in [6.45, 7) is 10.9. The van der Waals surface area contributed by atoms with Crippen molar-refractivity contribution >= 4 is 11.8 Å². The zero-order valence-corrected chi connectivity index (χ0v) is 12.1. The van der Waals surface area contributed by atoms with E-state index in [9.17, 15) is 9.59 Å². The molecule has 0 aromatic carbocycles. The number of carbonyl (C=O) groups is 2. The monoisotopic (exact) mass is 255 g/mol. The molecule has 0 aliphatic carbocycles. The van der Waals surface area contributed by atoms with Gasteiger partial charge < -0.3 is 15.5 Å². The van der Waals surface area contributed by atoms with Crippen LogP contribution >= 0.6 is 0 Å². The van der Waals surface area contributed by atoms with Gasteiger partial charge in [-0.3, -0.25) is 9.59 Å². The van der Waals surface area contributed by atoms with E-state index >= 15 is 0 Å². The molecule has 2 N–H and O–H groups in total. The Kier molecular flexibility index (Phi) is 4.37. The molecule has 5 nitrogen and oxygen atoms in total. The van der Waals surface area contributed by atoms with Crippen LogP contribution in [-0.2, 0) is 9.59 Å². The lowest BCUT2D eigenvalue weighted by molar-refractivity contribution is -0.145. The molecule has 2 amide bonds. The molecule has 18 heavy (non-hydrogen) atoms. The predicted octanol–water partition coefficient (Wildman–Crippen LogP) is 0.439. The van der Waals surface area contributed by atoms with Crippen molar-refractivity contribution in [1.82, 2.24) is 9.80 Å². The zero-order valence-electron chi connectivity index (χ0n) is 12.1. The number of piperazine rings is 1. The van der Waals surface area contributed by atoms with E-state index < -0.39 is 5.54 Å². The van der Waals surface area contributed by atoms with E-state index in [1.54, 1.807) is 23.6 Å². The van der Waals surface area contributed by atoms with E-state index in [0.717, 1.165) is 0 Å². The number of hydrogen-bond acceptors (Lipinski definition) is 3. The molecular formula is C13H25N3O2. The van der Waals surface area contributed by atoms with Gasteiger partial charge in [0.2, 0.25) is 11.8 Å². The molecule has 1 heterocycles. The average molecular weight is 255 g/mol. The molecule has 1 aliphatic rings. The van der Waals surface area contributed by atoms with Crippen molar-refractivity contribution in [3.63, 3.8) is 0 Å². The summed E-state index contributed by atoms with van der Waals surface area (Å²) in [5.74, 6) is 0.132. The minimum Gasteiger partial charge on any atom is -0.337 e. The highest BCUT2D eigenvalue weighted by molar-refractivity contribution is 5.86. The summed E-state index contributed by atoms with van der Waals surface area (Å²) in [4.78, 5) is 27.3. The normalized spacial score (nSPS) is 24.1. The molecule has 1 rings (SSSR count). The highest BCUT2D eigenvalue weighted by atomic mass is 16.2. The van der Waals surface area contributed by atoms with Crippen molar-refractivity contribution in [1.29, 1.82) is 0 Å². The van der Waals surface area contributed by atoms with Gasteiger partial charge in [0, 0.05) is 32.6 Å². The molecule has 0 bridgehead atoms. The van der Waals surface area contributed by atoms with Crippen LogP contribution in [0.3, 0.4) is 0 Å². The van der Waals surface area contributed by atoms with Crippen LogP contribution < -0.4 is 5.73 Å². The fraction of sp³-hybridized carbons (Fsp3) is 0.846. The minimum atomic E-state index is -0.835. The molecule has 1 fully saturated rings. The van der Waals surface area contributed by atoms with Crippen molar-refractivity contribution in [3.8, 4) is 0 Å². The fourth-order valence-electron chi connectivity index (χ4n) is 2.20. The van der Waals surface area contributed by atoms with Crippen LogP contribution in [0.5, 0.6) is 0 Å². The first-order chi connectivity index (χ1) is 8.17. The van der Waals surface area contributed by atoms with E-state index in [1.165, 1.54) is 0 Å². The maximum Gasteiger partial charge on any atom is 0.242 e. The molecular weight excluding hydrogens is 230 g/mol. The van der Waals surface area contributed by atoms with Gasteiger partial charge in [0.05, 0.1) is 5.54 Å². The van der Waals surface area contributed by atoms with Crippen LogP contribution in [0.2, 0.25) is 0 Å². The lowest BCUT2D eigenvalue weighted by Gasteiger charge is -2.42. The maximum atomic E-state index is 12.4. The van der Waals surface area contributed by atoms with Crippen LogP contribution in [0, 0.1) is 5.92 Å². The number of carbonyl (C=O) groups excluding carboxylic acids is 2. The Morgan fingerprint density at radius 2 is 1.89 bits per heavy atom. The molecule has 0 aromatic heterocycles. The highest BCUT2D eigenvalue weighted by Gasteiger charge is 2.38. The molecule has 0 saturated carbocycles. The van der Waals surface area contributed by atoms with Gasteiger partial charge in [0.25, 0.3) is 0 Å². The first-order valence-electron chi connectivity index (χ1n) is 6.53. The molecule has 5 heteroatoms. The summed E-state index contributed by atoms with van der Waals surface area (Å²) >= 11 is 0. The standard InChI is InChI=1S/C13H25N3O2/c1-9(2)13(5,14)12(18)15-6-7-16(11(4)17)10(3)8-15/h9-10H,6-8,14H2,1-5H3/t10-,13-/m1/s1. The average Bonchev–Trinajstić information content (AvgIpc) is 2.26. The molecule has 1 saturated heterocycles. The van der Waals surface area contributed by atoms with Gasteiger partial charge in [-0.1, -0.05) is 13.8 Å². The van der Waals surface area contributed by atoms with Crippen LogP contribution in [-0.4, -0.2) is 52.8 Å². The van der Waals surface area contributed by atoms with E-state index in [2.05, 4.69) is 0 Å². The fourth-order valence-corrected chi connectivity index (χ4v) is 2.20. The third-order valence-corrected chi connectivity index (χ3v) is 3.98. The molecule has 1 aliphatic heterocycles. The molecule has 2 atom stereocenters. The Hall–Kier alpha value is -1.10. The Balaban J connectivity index is 2.72. The SMILES string of the molecule is CC(=O)N1CCN(C(=O)[C@](C)(N)C(C)C)C[C@H]1C. The summed E-state index contributed by atoms with van der Waals surface area (Å²) in [6, 6.07) is 0.0585. The second kappa shape index (κ2) is 5.26. The Morgan fingerprint density at radius 1 is 1.33 bits per heavy atom. The number of amides is 2. The second-order valence-electron chi connectivity index (χ2n) is 5.75. The number of nitrogens with zero attached hydrogens (tertiary/aromatic N) is 2. The third-order valence-electron chi connectivity index (χ3n) is 3.98. The van der Waals surface area contributed by atoms with Crippen molar-refractivity contribution in [3.05, 3.63) is 0 Å². The highest BCUT2D eigenvalue weighted by Crippen LogP contribution is 2.19. The first kappa shape index (κ1) is 15.0. The van der Waals surface area contributed by atoms with E-state index in [-0.39, 0.29) is 23.8 Å². The Bertz CT molecular complexity index is 339.